The number of rotatable bonds is 4. The van der Waals surface area contributed by atoms with E-state index in [2.05, 4.69) is 16.9 Å². The van der Waals surface area contributed by atoms with Crippen molar-refractivity contribution in [3.05, 3.63) is 42.1 Å². The van der Waals surface area contributed by atoms with Crippen LogP contribution >= 0.6 is 0 Å². The summed E-state index contributed by atoms with van der Waals surface area (Å²) in [5.74, 6) is 1.49. The number of nitrogen functional groups attached to an aromatic ring is 1. The fraction of sp³-hybridized carbons (Fsp3) is 0.231. The molecule has 0 aliphatic rings. The first-order valence-electron chi connectivity index (χ1n) is 5.64. The molecule has 0 fully saturated rings. The van der Waals surface area contributed by atoms with Crippen LogP contribution in [0.3, 0.4) is 0 Å². The Balaban J connectivity index is 2.21. The van der Waals surface area contributed by atoms with E-state index in [0.717, 1.165) is 24.3 Å². The van der Waals surface area contributed by atoms with Gasteiger partial charge in [0.15, 0.2) is 0 Å². The molecule has 4 heteroatoms. The van der Waals surface area contributed by atoms with Crippen LogP contribution in [0, 0.1) is 0 Å². The zero-order chi connectivity index (χ0) is 12.1. The van der Waals surface area contributed by atoms with Crippen LogP contribution in [-0.4, -0.2) is 9.97 Å². The molecule has 0 saturated heterocycles. The zero-order valence-corrected chi connectivity index (χ0v) is 9.76. The number of ether oxygens (including phenoxy) is 1. The molecule has 2 N–H and O–H groups in total. The predicted octanol–water partition coefficient (Wildman–Crippen LogP) is 2.80. The number of aryl methyl sites for hydroxylation is 1. The molecule has 2 rings (SSSR count). The van der Waals surface area contributed by atoms with Crippen LogP contribution < -0.4 is 10.5 Å². The zero-order valence-electron chi connectivity index (χ0n) is 9.76. The lowest BCUT2D eigenvalue weighted by Crippen LogP contribution is -2.01. The summed E-state index contributed by atoms with van der Waals surface area (Å²) in [6.45, 7) is 2.09. The normalized spacial score (nSPS) is 10.2. The second kappa shape index (κ2) is 5.30. The van der Waals surface area contributed by atoms with E-state index in [1.165, 1.54) is 0 Å². The van der Waals surface area contributed by atoms with Gasteiger partial charge in [-0.3, -0.25) is 0 Å². The lowest BCUT2D eigenvalue weighted by molar-refractivity contribution is 0.461. The highest BCUT2D eigenvalue weighted by Gasteiger charge is 2.03. The molecular formula is C13H15N3O. The van der Waals surface area contributed by atoms with Gasteiger partial charge in [0.25, 0.3) is 0 Å². The Morgan fingerprint density at radius 2 is 1.94 bits per heavy atom. The molecule has 1 heterocycles. The van der Waals surface area contributed by atoms with Crippen LogP contribution in [0.15, 0.2) is 36.4 Å². The molecule has 0 amide bonds. The van der Waals surface area contributed by atoms with Crippen molar-refractivity contribution in [3.63, 3.8) is 0 Å². The van der Waals surface area contributed by atoms with E-state index in [4.69, 9.17) is 10.5 Å². The average molecular weight is 229 g/mol. The molecule has 0 radical (unpaired) electrons. The van der Waals surface area contributed by atoms with Crippen molar-refractivity contribution in [1.82, 2.24) is 9.97 Å². The largest absolute Gasteiger partial charge is 0.439 e. The Hall–Kier alpha value is -2.10. The van der Waals surface area contributed by atoms with Gasteiger partial charge in [-0.2, -0.15) is 4.98 Å². The number of nitrogens with zero attached hydrogens (tertiary/aromatic N) is 2. The highest BCUT2D eigenvalue weighted by molar-refractivity contribution is 5.31. The molecule has 0 saturated carbocycles. The number of aromatic nitrogens is 2. The minimum atomic E-state index is 0.252. The van der Waals surface area contributed by atoms with Crippen LogP contribution in [0.25, 0.3) is 0 Å². The molecule has 1 aromatic heterocycles. The molecule has 4 nitrogen and oxygen atoms in total. The summed E-state index contributed by atoms with van der Waals surface area (Å²) in [5, 5.41) is 0. The Morgan fingerprint density at radius 3 is 2.65 bits per heavy atom. The maximum atomic E-state index is 5.64. The molecule has 17 heavy (non-hydrogen) atoms. The molecule has 0 aliphatic carbocycles. The monoisotopic (exact) mass is 229 g/mol. The van der Waals surface area contributed by atoms with Crippen molar-refractivity contribution >= 4 is 5.95 Å². The van der Waals surface area contributed by atoms with E-state index < -0.39 is 0 Å². The second-order valence-corrected chi connectivity index (χ2v) is 3.72. The smallest absolute Gasteiger partial charge is 0.224 e. The Bertz CT molecular complexity index is 485. The van der Waals surface area contributed by atoms with Gasteiger partial charge in [0.05, 0.1) is 0 Å². The number of hydrogen-bond donors (Lipinski definition) is 1. The quantitative estimate of drug-likeness (QED) is 0.875. The van der Waals surface area contributed by atoms with Crippen molar-refractivity contribution in [2.24, 2.45) is 0 Å². The van der Waals surface area contributed by atoms with E-state index in [0.29, 0.717) is 5.88 Å². The molecule has 0 unspecified atom stereocenters. The topological polar surface area (TPSA) is 61.0 Å². The third kappa shape index (κ3) is 3.17. The van der Waals surface area contributed by atoms with E-state index >= 15 is 0 Å². The summed E-state index contributed by atoms with van der Waals surface area (Å²) in [6, 6.07) is 11.3. The standard InChI is InChI=1S/C13H15N3O/c1-2-6-10-9-12(16-13(14)15-10)17-11-7-4-3-5-8-11/h3-5,7-9H,2,6H2,1H3,(H2,14,15,16). The van der Waals surface area contributed by atoms with Gasteiger partial charge >= 0.3 is 0 Å². The van der Waals surface area contributed by atoms with Crippen molar-refractivity contribution < 1.29 is 4.74 Å². The van der Waals surface area contributed by atoms with Gasteiger partial charge in [-0.25, -0.2) is 4.98 Å². The summed E-state index contributed by atoms with van der Waals surface area (Å²) < 4.78 is 5.62. The Kier molecular flexibility index (Phi) is 3.55. The van der Waals surface area contributed by atoms with E-state index in [9.17, 15) is 0 Å². The fourth-order valence-corrected chi connectivity index (χ4v) is 1.54. The van der Waals surface area contributed by atoms with E-state index in [-0.39, 0.29) is 5.95 Å². The van der Waals surface area contributed by atoms with Gasteiger partial charge in [0.2, 0.25) is 11.8 Å². The van der Waals surface area contributed by atoms with Crippen molar-refractivity contribution in [1.29, 1.82) is 0 Å². The minimum absolute atomic E-state index is 0.252. The van der Waals surface area contributed by atoms with Crippen LogP contribution in [0.5, 0.6) is 11.6 Å². The Morgan fingerprint density at radius 1 is 1.18 bits per heavy atom. The highest BCUT2D eigenvalue weighted by Crippen LogP contribution is 2.20. The van der Waals surface area contributed by atoms with E-state index in [1.54, 1.807) is 0 Å². The van der Waals surface area contributed by atoms with Gasteiger partial charge in [-0.15, -0.1) is 0 Å². The average Bonchev–Trinajstić information content (AvgIpc) is 2.30. The van der Waals surface area contributed by atoms with Crippen LogP contribution in [-0.2, 0) is 6.42 Å². The van der Waals surface area contributed by atoms with Crippen LogP contribution in [0.1, 0.15) is 19.0 Å². The number of nitrogens with two attached hydrogens (primary N) is 1. The number of anilines is 1. The lowest BCUT2D eigenvalue weighted by Gasteiger charge is -2.06. The number of hydrogen-bond acceptors (Lipinski definition) is 4. The van der Waals surface area contributed by atoms with Gasteiger partial charge in [0.1, 0.15) is 5.75 Å². The molecule has 0 aliphatic heterocycles. The first kappa shape index (κ1) is 11.4. The first-order valence-corrected chi connectivity index (χ1v) is 5.64. The van der Waals surface area contributed by atoms with Crippen molar-refractivity contribution in [2.75, 3.05) is 5.73 Å². The second-order valence-electron chi connectivity index (χ2n) is 3.72. The molecular weight excluding hydrogens is 214 g/mol. The number of para-hydroxylation sites is 1. The maximum Gasteiger partial charge on any atom is 0.224 e. The van der Waals surface area contributed by atoms with Gasteiger partial charge in [-0.05, 0) is 18.6 Å². The molecule has 0 bridgehead atoms. The van der Waals surface area contributed by atoms with Gasteiger partial charge in [0, 0.05) is 11.8 Å². The third-order valence-electron chi connectivity index (χ3n) is 2.24. The van der Waals surface area contributed by atoms with Gasteiger partial charge < -0.3 is 10.5 Å². The van der Waals surface area contributed by atoms with Crippen LogP contribution in [0.2, 0.25) is 0 Å². The summed E-state index contributed by atoms with van der Waals surface area (Å²) in [4.78, 5) is 8.21. The lowest BCUT2D eigenvalue weighted by atomic mass is 10.2. The molecule has 1 aromatic carbocycles. The molecule has 88 valence electrons. The first-order chi connectivity index (χ1) is 8.28. The predicted molar refractivity (Wildman–Crippen MR) is 67.0 cm³/mol. The molecule has 0 spiro atoms. The SMILES string of the molecule is CCCc1cc(Oc2ccccc2)nc(N)n1. The maximum absolute atomic E-state index is 5.64. The minimum Gasteiger partial charge on any atom is -0.439 e. The highest BCUT2D eigenvalue weighted by atomic mass is 16.5. The number of benzene rings is 1. The Labute approximate surface area is 100 Å². The van der Waals surface area contributed by atoms with Crippen molar-refractivity contribution in [3.8, 4) is 11.6 Å². The van der Waals surface area contributed by atoms with Crippen molar-refractivity contribution in [2.45, 2.75) is 19.8 Å². The fourth-order valence-electron chi connectivity index (χ4n) is 1.54. The van der Waals surface area contributed by atoms with Gasteiger partial charge in [-0.1, -0.05) is 31.5 Å². The summed E-state index contributed by atoms with van der Waals surface area (Å²) in [6.07, 6.45) is 1.89. The van der Waals surface area contributed by atoms with Crippen LogP contribution in [0.4, 0.5) is 5.95 Å². The summed E-state index contributed by atoms with van der Waals surface area (Å²) >= 11 is 0. The van der Waals surface area contributed by atoms with E-state index in [1.807, 2.05) is 36.4 Å². The third-order valence-corrected chi connectivity index (χ3v) is 2.24. The summed E-state index contributed by atoms with van der Waals surface area (Å²) in [7, 11) is 0. The molecule has 2 aromatic rings. The molecule has 0 atom stereocenters. The summed E-state index contributed by atoms with van der Waals surface area (Å²) in [5.41, 5.74) is 6.55.